The average molecular weight is 726 g/mol. The van der Waals surface area contributed by atoms with Crippen LogP contribution in [-0.2, 0) is 39.6 Å². The zero-order valence-electron chi connectivity index (χ0n) is 27.1. The highest BCUT2D eigenvalue weighted by molar-refractivity contribution is 9.11. The molecule has 8 atom stereocenters. The fourth-order valence-corrected chi connectivity index (χ4v) is 8.48. The molecule has 0 amide bonds. The maximum Gasteiger partial charge on any atom is 0.303 e. The topological polar surface area (TPSA) is 92.7 Å². The quantitative estimate of drug-likeness (QED) is 0.126. The Labute approximate surface area is 287 Å². The number of hydrogen-bond acceptors (Lipinski definition) is 8. The SMILES string of the molecule is O=C(O)CCC/C=C\C[C@H]1[C@H](/C=C/[C@@H](CCc2ccc(Br)s2)OC2CCCCO2)[C@@H](OC2CCCCO2)C[C@H]1OC1CCCCO1. The van der Waals surface area contributed by atoms with Crippen LogP contribution >= 0.6 is 27.3 Å². The highest BCUT2D eigenvalue weighted by atomic mass is 79.9. The minimum absolute atomic E-state index is 0.0143. The summed E-state index contributed by atoms with van der Waals surface area (Å²) in [6, 6.07) is 4.30. The smallest absolute Gasteiger partial charge is 0.303 e. The second-order valence-corrected chi connectivity index (χ2v) is 15.6. The van der Waals surface area contributed by atoms with Gasteiger partial charge in [0, 0.05) is 43.5 Å². The Hall–Kier alpha value is -1.11. The van der Waals surface area contributed by atoms with Crippen LogP contribution in [0.15, 0.2) is 40.2 Å². The Kier molecular flexibility index (Phi) is 15.6. The van der Waals surface area contributed by atoms with E-state index in [1.807, 2.05) is 0 Å². The van der Waals surface area contributed by atoms with E-state index in [4.69, 9.17) is 33.5 Å². The van der Waals surface area contributed by atoms with E-state index < -0.39 is 5.97 Å². The third-order valence-corrected chi connectivity index (χ3v) is 11.1. The lowest BCUT2D eigenvalue weighted by Crippen LogP contribution is -2.31. The molecule has 46 heavy (non-hydrogen) atoms. The summed E-state index contributed by atoms with van der Waals surface area (Å²) < 4.78 is 39.3. The van der Waals surface area contributed by atoms with E-state index in [1.165, 1.54) is 4.88 Å². The Balaban J connectivity index is 1.34. The van der Waals surface area contributed by atoms with Crippen LogP contribution < -0.4 is 0 Å². The molecule has 1 N–H and O–H groups in total. The zero-order chi connectivity index (χ0) is 32.0. The molecule has 1 aromatic rings. The largest absolute Gasteiger partial charge is 0.481 e. The number of aliphatic carboxylic acids is 1. The number of unbranched alkanes of at least 4 members (excludes halogenated alkanes) is 1. The molecule has 0 radical (unpaired) electrons. The van der Waals surface area contributed by atoms with E-state index in [9.17, 15) is 4.79 Å². The molecular formula is C36H53BrO8S. The average Bonchev–Trinajstić information content (AvgIpc) is 3.63. The van der Waals surface area contributed by atoms with Crippen molar-refractivity contribution < 1.29 is 38.3 Å². The van der Waals surface area contributed by atoms with Crippen LogP contribution in [0.3, 0.4) is 0 Å². The summed E-state index contributed by atoms with van der Waals surface area (Å²) in [5, 5.41) is 9.04. The van der Waals surface area contributed by atoms with Gasteiger partial charge < -0.3 is 33.5 Å². The monoisotopic (exact) mass is 724 g/mol. The molecule has 4 heterocycles. The predicted octanol–water partition coefficient (Wildman–Crippen LogP) is 8.57. The lowest BCUT2D eigenvalue weighted by molar-refractivity contribution is -0.203. The van der Waals surface area contributed by atoms with Crippen molar-refractivity contribution in [2.24, 2.45) is 11.8 Å². The molecule has 8 nitrogen and oxygen atoms in total. The third kappa shape index (κ3) is 12.1. The second-order valence-electron chi connectivity index (χ2n) is 13.0. The molecule has 4 fully saturated rings. The summed E-state index contributed by atoms with van der Waals surface area (Å²) in [6.07, 6.45) is 22.6. The number of rotatable bonds is 17. The van der Waals surface area contributed by atoms with Crippen LogP contribution in [0.5, 0.6) is 0 Å². The van der Waals surface area contributed by atoms with Crippen LogP contribution in [0.1, 0.15) is 101 Å². The van der Waals surface area contributed by atoms with Crippen molar-refractivity contribution in [3.63, 3.8) is 0 Å². The van der Waals surface area contributed by atoms with Crippen molar-refractivity contribution in [1.82, 2.24) is 0 Å². The van der Waals surface area contributed by atoms with Crippen molar-refractivity contribution in [1.29, 1.82) is 0 Å². The van der Waals surface area contributed by atoms with Gasteiger partial charge in [-0.3, -0.25) is 4.79 Å². The molecule has 3 aliphatic heterocycles. The number of aryl methyl sites for hydroxylation is 1. The van der Waals surface area contributed by atoms with E-state index in [0.717, 1.165) is 113 Å². The van der Waals surface area contributed by atoms with Gasteiger partial charge in [-0.15, -0.1) is 11.3 Å². The maximum absolute atomic E-state index is 11.0. The van der Waals surface area contributed by atoms with E-state index in [0.29, 0.717) is 6.42 Å². The van der Waals surface area contributed by atoms with Crippen LogP contribution in [0, 0.1) is 11.8 Å². The predicted molar refractivity (Wildman–Crippen MR) is 182 cm³/mol. The molecule has 1 saturated carbocycles. The number of carbonyl (C=O) groups is 1. The first kappa shape index (κ1) is 36.2. The standard InChI is InChI=1S/C36H53BrO8S/c37-32-21-19-27(46-32)18-16-26(43-34-13-5-8-22-40-34)17-20-29-28(11-3-1-2-4-12-33(38)39)30(44-35-14-6-9-23-41-35)25-31(29)45-36-15-7-10-24-42-36/h1,3,17,19-21,26,28-31,34-36H,2,4-16,18,22-25H2,(H,38,39)/b3-1-,20-17+/t26-,28+,29+,30-,31+,34?,35?,36?/m1/s1. The molecule has 3 saturated heterocycles. The van der Waals surface area contributed by atoms with Gasteiger partial charge in [0.1, 0.15) is 0 Å². The molecule has 4 aliphatic rings. The summed E-state index contributed by atoms with van der Waals surface area (Å²) in [7, 11) is 0. The minimum atomic E-state index is -0.748. The fourth-order valence-electron chi connectivity index (χ4n) is 6.98. The fraction of sp³-hybridized carbons (Fsp3) is 0.750. The second kappa shape index (κ2) is 19.8. The summed E-state index contributed by atoms with van der Waals surface area (Å²) in [4.78, 5) is 12.3. The van der Waals surface area contributed by atoms with Gasteiger partial charge in [0.05, 0.1) is 22.1 Å². The van der Waals surface area contributed by atoms with Crippen LogP contribution in [-0.4, -0.2) is 68.1 Å². The molecule has 0 bridgehead atoms. The number of carboxylic acids is 1. The number of hydrogen-bond donors (Lipinski definition) is 1. The van der Waals surface area contributed by atoms with Crippen LogP contribution in [0.2, 0.25) is 0 Å². The summed E-state index contributed by atoms with van der Waals surface area (Å²) in [5.74, 6) is -0.453. The van der Waals surface area contributed by atoms with Gasteiger partial charge in [-0.1, -0.05) is 24.3 Å². The van der Waals surface area contributed by atoms with E-state index in [-0.39, 0.29) is 55.4 Å². The van der Waals surface area contributed by atoms with Gasteiger partial charge in [0.2, 0.25) is 0 Å². The number of ether oxygens (including phenoxy) is 6. The zero-order valence-corrected chi connectivity index (χ0v) is 29.5. The van der Waals surface area contributed by atoms with Gasteiger partial charge in [0.25, 0.3) is 0 Å². The Morgan fingerprint density at radius 2 is 1.61 bits per heavy atom. The third-order valence-electron chi connectivity index (χ3n) is 9.45. The van der Waals surface area contributed by atoms with E-state index in [2.05, 4.69) is 52.4 Å². The highest BCUT2D eigenvalue weighted by Gasteiger charge is 2.45. The molecular weight excluding hydrogens is 672 g/mol. The first-order valence-corrected chi connectivity index (χ1v) is 19.2. The number of carboxylic acid groups (broad SMARTS) is 1. The molecule has 5 rings (SSSR count). The highest BCUT2D eigenvalue weighted by Crippen LogP contribution is 2.42. The summed E-state index contributed by atoms with van der Waals surface area (Å²) >= 11 is 5.38. The Morgan fingerprint density at radius 3 is 2.22 bits per heavy atom. The summed E-state index contributed by atoms with van der Waals surface area (Å²) in [5.41, 5.74) is 0. The lowest BCUT2D eigenvalue weighted by Gasteiger charge is -2.30. The molecule has 0 spiro atoms. The Bertz CT molecular complexity index is 1080. The maximum atomic E-state index is 11.0. The van der Waals surface area contributed by atoms with E-state index in [1.54, 1.807) is 11.3 Å². The molecule has 1 aliphatic carbocycles. The van der Waals surface area contributed by atoms with Crippen molar-refractivity contribution in [3.8, 4) is 0 Å². The van der Waals surface area contributed by atoms with Crippen molar-refractivity contribution in [2.45, 2.75) is 140 Å². The first-order chi connectivity index (χ1) is 22.5. The van der Waals surface area contributed by atoms with Gasteiger partial charge >= 0.3 is 5.97 Å². The summed E-state index contributed by atoms with van der Waals surface area (Å²) in [6.45, 7) is 2.24. The van der Waals surface area contributed by atoms with Crippen molar-refractivity contribution in [2.75, 3.05) is 19.8 Å². The van der Waals surface area contributed by atoms with Crippen molar-refractivity contribution >= 4 is 33.2 Å². The molecule has 1 aromatic heterocycles. The number of halogens is 1. The normalized spacial score (nSPS) is 31.5. The number of thiophene rings is 1. The van der Waals surface area contributed by atoms with E-state index >= 15 is 0 Å². The van der Waals surface area contributed by atoms with Gasteiger partial charge in [-0.05, 0) is 124 Å². The van der Waals surface area contributed by atoms with Crippen LogP contribution in [0.25, 0.3) is 0 Å². The molecule has 3 unspecified atom stereocenters. The lowest BCUT2D eigenvalue weighted by atomic mass is 9.89. The van der Waals surface area contributed by atoms with Gasteiger partial charge in [-0.25, -0.2) is 0 Å². The number of allylic oxidation sites excluding steroid dienone is 2. The minimum Gasteiger partial charge on any atom is -0.481 e. The molecule has 0 aromatic carbocycles. The van der Waals surface area contributed by atoms with Gasteiger partial charge in [-0.2, -0.15) is 0 Å². The molecule has 258 valence electrons. The Morgan fingerprint density at radius 1 is 0.935 bits per heavy atom. The van der Waals surface area contributed by atoms with Crippen molar-refractivity contribution in [3.05, 3.63) is 45.1 Å². The van der Waals surface area contributed by atoms with Gasteiger partial charge in [0.15, 0.2) is 18.9 Å². The molecule has 10 heteroatoms. The first-order valence-electron chi connectivity index (χ1n) is 17.6. The van der Waals surface area contributed by atoms with Crippen LogP contribution in [0.4, 0.5) is 0 Å².